The van der Waals surface area contributed by atoms with E-state index in [0.29, 0.717) is 23.9 Å². The number of benzene rings is 1. The smallest absolute Gasteiger partial charge is 0.243 e. The van der Waals surface area contributed by atoms with E-state index in [2.05, 4.69) is 36.3 Å². The molecule has 1 aliphatic heterocycles. The molecule has 2 aromatic rings. The van der Waals surface area contributed by atoms with Gasteiger partial charge < -0.3 is 0 Å². The molecule has 0 aliphatic carbocycles. The van der Waals surface area contributed by atoms with Crippen LogP contribution in [0.3, 0.4) is 0 Å². The van der Waals surface area contributed by atoms with E-state index >= 15 is 0 Å². The van der Waals surface area contributed by atoms with Crippen LogP contribution in [0.25, 0.3) is 0 Å². The molecular weight excluding hydrogens is 352 g/mol. The number of rotatable bonds is 5. The van der Waals surface area contributed by atoms with Crippen molar-refractivity contribution < 1.29 is 8.42 Å². The molecule has 0 amide bonds. The molecule has 0 unspecified atom stereocenters. The van der Waals surface area contributed by atoms with Gasteiger partial charge in [0.05, 0.1) is 4.90 Å². The van der Waals surface area contributed by atoms with Crippen LogP contribution in [0.15, 0.2) is 46.7 Å². The van der Waals surface area contributed by atoms with Crippen molar-refractivity contribution in [2.45, 2.75) is 37.6 Å². The number of sulfonamides is 1. The van der Waals surface area contributed by atoms with E-state index < -0.39 is 10.0 Å². The van der Waals surface area contributed by atoms with E-state index in [4.69, 9.17) is 0 Å². The summed E-state index contributed by atoms with van der Waals surface area (Å²) in [4.78, 5) is 4.09. The minimum absolute atomic E-state index is 0.403. The number of nitrogens with zero attached hydrogens (tertiary/aromatic N) is 2. The molecule has 1 fully saturated rings. The molecule has 0 bridgehead atoms. The van der Waals surface area contributed by atoms with Gasteiger partial charge in [-0.05, 0) is 48.0 Å². The molecule has 0 radical (unpaired) electrons. The Kier molecular flexibility index (Phi) is 5.94. The van der Waals surface area contributed by atoms with Gasteiger partial charge in [-0.3, -0.25) is 4.90 Å². The quantitative estimate of drug-likeness (QED) is 0.795. The van der Waals surface area contributed by atoms with Crippen LogP contribution in [0.4, 0.5) is 0 Å². The summed E-state index contributed by atoms with van der Waals surface area (Å²) < 4.78 is 27.6. The molecule has 1 aliphatic rings. The van der Waals surface area contributed by atoms with Gasteiger partial charge in [-0.15, -0.1) is 11.3 Å². The maximum Gasteiger partial charge on any atom is 0.243 e. The highest BCUT2D eigenvalue weighted by Gasteiger charge is 2.27. The number of hydrogen-bond acceptors (Lipinski definition) is 4. The Balaban J connectivity index is 1.68. The lowest BCUT2D eigenvalue weighted by Gasteiger charge is -2.21. The zero-order valence-electron chi connectivity index (χ0n) is 14.9. The number of thiophene rings is 1. The first-order valence-electron chi connectivity index (χ1n) is 8.81. The van der Waals surface area contributed by atoms with E-state index in [0.717, 1.165) is 31.6 Å². The SMILES string of the molecule is CC(C)c1ccc(S(=O)(=O)N2CCCN(Cc3cccs3)CC2)cc1. The Morgan fingerprint density at radius 1 is 1.04 bits per heavy atom. The Morgan fingerprint density at radius 2 is 1.80 bits per heavy atom. The highest BCUT2D eigenvalue weighted by molar-refractivity contribution is 7.89. The van der Waals surface area contributed by atoms with Crippen LogP contribution in [0.1, 0.15) is 36.6 Å². The first kappa shape index (κ1) is 18.6. The molecule has 1 aromatic carbocycles. The summed E-state index contributed by atoms with van der Waals surface area (Å²) in [5.41, 5.74) is 1.16. The van der Waals surface area contributed by atoms with Crippen molar-refractivity contribution in [2.24, 2.45) is 0 Å². The van der Waals surface area contributed by atoms with Gasteiger partial charge in [0, 0.05) is 31.1 Å². The standard InChI is InChI=1S/C19H26N2O2S2/c1-16(2)17-6-8-19(9-7-17)25(22,23)21-11-4-10-20(12-13-21)15-18-5-3-14-24-18/h3,5-9,14,16H,4,10-13,15H2,1-2H3. The molecule has 1 aromatic heterocycles. The van der Waals surface area contributed by atoms with Gasteiger partial charge in [-0.2, -0.15) is 4.31 Å². The fraction of sp³-hybridized carbons (Fsp3) is 0.474. The van der Waals surface area contributed by atoms with Gasteiger partial charge in [0.25, 0.3) is 0 Å². The minimum Gasteiger partial charge on any atom is -0.297 e. The van der Waals surface area contributed by atoms with E-state index in [9.17, 15) is 8.42 Å². The molecule has 0 spiro atoms. The molecule has 2 heterocycles. The Morgan fingerprint density at radius 3 is 2.44 bits per heavy atom. The third-order valence-electron chi connectivity index (χ3n) is 4.69. The zero-order chi connectivity index (χ0) is 17.9. The lowest BCUT2D eigenvalue weighted by atomic mass is 10.0. The lowest BCUT2D eigenvalue weighted by molar-refractivity contribution is 0.281. The fourth-order valence-corrected chi connectivity index (χ4v) is 5.36. The predicted molar refractivity (Wildman–Crippen MR) is 104 cm³/mol. The van der Waals surface area contributed by atoms with Gasteiger partial charge in [0.15, 0.2) is 0 Å². The second-order valence-corrected chi connectivity index (χ2v) is 9.81. The van der Waals surface area contributed by atoms with Gasteiger partial charge in [0.1, 0.15) is 0 Å². The van der Waals surface area contributed by atoms with E-state index in [-0.39, 0.29) is 0 Å². The van der Waals surface area contributed by atoms with Crippen molar-refractivity contribution in [3.05, 3.63) is 52.2 Å². The fourth-order valence-electron chi connectivity index (χ4n) is 3.14. The van der Waals surface area contributed by atoms with Crippen molar-refractivity contribution in [1.29, 1.82) is 0 Å². The molecule has 4 nitrogen and oxygen atoms in total. The average Bonchev–Trinajstić information content (AvgIpc) is 2.98. The van der Waals surface area contributed by atoms with Gasteiger partial charge in [0.2, 0.25) is 10.0 Å². The maximum absolute atomic E-state index is 13.0. The average molecular weight is 379 g/mol. The van der Waals surface area contributed by atoms with E-state index in [1.807, 2.05) is 12.1 Å². The van der Waals surface area contributed by atoms with Crippen LogP contribution in [-0.4, -0.2) is 43.8 Å². The van der Waals surface area contributed by atoms with Crippen LogP contribution in [0, 0.1) is 0 Å². The Labute approximate surface area is 155 Å². The first-order valence-corrected chi connectivity index (χ1v) is 11.1. The summed E-state index contributed by atoms with van der Waals surface area (Å²) in [5, 5.41) is 2.09. The van der Waals surface area contributed by atoms with Crippen LogP contribution in [0.5, 0.6) is 0 Å². The maximum atomic E-state index is 13.0. The molecule has 1 saturated heterocycles. The Bertz CT molecular complexity index is 768. The first-order chi connectivity index (χ1) is 12.0. The molecule has 0 N–H and O–H groups in total. The van der Waals surface area contributed by atoms with Gasteiger partial charge in [-0.25, -0.2) is 8.42 Å². The van der Waals surface area contributed by atoms with Crippen molar-refractivity contribution >= 4 is 21.4 Å². The van der Waals surface area contributed by atoms with Crippen molar-refractivity contribution in [3.8, 4) is 0 Å². The van der Waals surface area contributed by atoms with Crippen molar-refractivity contribution in [2.75, 3.05) is 26.2 Å². The van der Waals surface area contributed by atoms with Gasteiger partial charge >= 0.3 is 0 Å². The molecule has 136 valence electrons. The number of hydrogen-bond donors (Lipinski definition) is 0. The summed E-state index contributed by atoms with van der Waals surface area (Å²) in [6, 6.07) is 11.6. The molecule has 0 saturated carbocycles. The second-order valence-electron chi connectivity index (χ2n) is 6.84. The van der Waals surface area contributed by atoms with Crippen molar-refractivity contribution in [3.63, 3.8) is 0 Å². The minimum atomic E-state index is -3.40. The van der Waals surface area contributed by atoms with Crippen LogP contribution in [-0.2, 0) is 16.6 Å². The highest BCUT2D eigenvalue weighted by atomic mass is 32.2. The van der Waals surface area contributed by atoms with Crippen LogP contribution in [0.2, 0.25) is 0 Å². The third-order valence-corrected chi connectivity index (χ3v) is 7.47. The van der Waals surface area contributed by atoms with Crippen LogP contribution < -0.4 is 0 Å². The summed E-state index contributed by atoms with van der Waals surface area (Å²) in [6.45, 7) is 8.00. The van der Waals surface area contributed by atoms with E-state index in [1.165, 1.54) is 4.88 Å². The summed E-state index contributed by atoms with van der Waals surface area (Å²) >= 11 is 1.76. The molecule has 0 atom stereocenters. The lowest BCUT2D eigenvalue weighted by Crippen LogP contribution is -2.35. The predicted octanol–water partition coefficient (Wildman–Crippen LogP) is 3.77. The topological polar surface area (TPSA) is 40.6 Å². The van der Waals surface area contributed by atoms with E-state index in [1.54, 1.807) is 27.8 Å². The zero-order valence-corrected chi connectivity index (χ0v) is 16.5. The van der Waals surface area contributed by atoms with Crippen LogP contribution >= 0.6 is 11.3 Å². The third kappa shape index (κ3) is 4.50. The normalized spacial score (nSPS) is 17.7. The van der Waals surface area contributed by atoms with Gasteiger partial charge in [-0.1, -0.05) is 32.0 Å². The summed E-state index contributed by atoms with van der Waals surface area (Å²) in [5.74, 6) is 0.403. The summed E-state index contributed by atoms with van der Waals surface area (Å²) in [6.07, 6.45) is 0.870. The monoisotopic (exact) mass is 378 g/mol. The largest absolute Gasteiger partial charge is 0.297 e. The highest BCUT2D eigenvalue weighted by Crippen LogP contribution is 2.22. The molecular formula is C19H26N2O2S2. The molecule has 6 heteroatoms. The summed E-state index contributed by atoms with van der Waals surface area (Å²) in [7, 11) is -3.40. The Hall–Kier alpha value is -1.21. The molecule has 25 heavy (non-hydrogen) atoms. The molecule has 3 rings (SSSR count). The second kappa shape index (κ2) is 7.99. The van der Waals surface area contributed by atoms with Crippen molar-refractivity contribution in [1.82, 2.24) is 9.21 Å².